The molecular weight excluding hydrogens is 272 g/mol. The predicted octanol–water partition coefficient (Wildman–Crippen LogP) is 3.28. The number of hydrogen-bond donors (Lipinski definition) is 0. The summed E-state index contributed by atoms with van der Waals surface area (Å²) in [7, 11) is -1.89. The normalized spacial score (nSPS) is 29.4. The van der Waals surface area contributed by atoms with E-state index in [1.54, 1.807) is 6.92 Å². The van der Waals surface area contributed by atoms with Gasteiger partial charge in [0.2, 0.25) is 0 Å². The molecule has 1 rings (SSSR count). The summed E-state index contributed by atoms with van der Waals surface area (Å²) in [6.45, 7) is 15.2. The van der Waals surface area contributed by atoms with E-state index in [1.165, 1.54) is 0 Å². The Balaban J connectivity index is 2.87. The average Bonchev–Trinajstić information content (AvgIpc) is 2.31. The lowest BCUT2D eigenvalue weighted by Gasteiger charge is -2.43. The largest absolute Gasteiger partial charge is 0.409 e. The van der Waals surface area contributed by atoms with Crippen molar-refractivity contribution in [1.82, 2.24) is 0 Å². The maximum absolute atomic E-state index is 10.8. The highest BCUT2D eigenvalue weighted by Crippen LogP contribution is 2.38. The summed E-state index contributed by atoms with van der Waals surface area (Å²) in [4.78, 5) is 10.8. The Morgan fingerprint density at radius 3 is 2.45 bits per heavy atom. The molecule has 4 nitrogen and oxygen atoms in total. The van der Waals surface area contributed by atoms with Crippen molar-refractivity contribution in [3.05, 3.63) is 11.6 Å². The summed E-state index contributed by atoms with van der Waals surface area (Å²) in [5.41, 5.74) is 0.660. The monoisotopic (exact) mass is 300 g/mol. The van der Waals surface area contributed by atoms with E-state index in [-0.39, 0.29) is 23.5 Å². The van der Waals surface area contributed by atoms with Gasteiger partial charge in [0.05, 0.1) is 12.7 Å². The molecule has 5 heteroatoms. The second kappa shape index (κ2) is 6.51. The molecular formula is C15H28O4Si. The van der Waals surface area contributed by atoms with Gasteiger partial charge in [-0.3, -0.25) is 4.79 Å². The third-order valence-corrected chi connectivity index (χ3v) is 8.58. The number of carbonyl (C=O) groups excluding carboxylic acids is 1. The Labute approximate surface area is 123 Å². The molecule has 0 bridgehead atoms. The van der Waals surface area contributed by atoms with Crippen molar-refractivity contribution in [1.29, 1.82) is 0 Å². The van der Waals surface area contributed by atoms with Crippen molar-refractivity contribution in [2.45, 2.75) is 71.2 Å². The number of allylic oxidation sites excluding steroid dienone is 1. The lowest BCUT2D eigenvalue weighted by Crippen LogP contribution is -2.52. The predicted molar refractivity (Wildman–Crippen MR) is 82.2 cm³/mol. The van der Waals surface area contributed by atoms with Crippen LogP contribution in [0.25, 0.3) is 0 Å². The zero-order chi connectivity index (χ0) is 15.6. The summed E-state index contributed by atoms with van der Waals surface area (Å²) in [5.74, 6) is 0. The van der Waals surface area contributed by atoms with Crippen LogP contribution >= 0.6 is 0 Å². The second-order valence-corrected chi connectivity index (χ2v) is 11.7. The molecule has 0 saturated carbocycles. The highest BCUT2D eigenvalue weighted by atomic mass is 28.4. The van der Waals surface area contributed by atoms with Gasteiger partial charge >= 0.3 is 0 Å². The van der Waals surface area contributed by atoms with E-state index < -0.39 is 8.32 Å². The van der Waals surface area contributed by atoms with Gasteiger partial charge in [-0.15, -0.1) is 0 Å². The highest BCUT2D eigenvalue weighted by Gasteiger charge is 2.42. The lowest BCUT2D eigenvalue weighted by molar-refractivity contribution is -0.227. The van der Waals surface area contributed by atoms with Crippen molar-refractivity contribution in [3.8, 4) is 0 Å². The van der Waals surface area contributed by atoms with Gasteiger partial charge in [0.25, 0.3) is 0 Å². The SMILES string of the molecule is C/C(C=O)=C\[C@@H]1O[C@H](C)OC[C@H]1O[Si](C)(C)C(C)(C)C. The summed E-state index contributed by atoms with van der Waals surface area (Å²) >= 11 is 0. The Hall–Kier alpha value is -0.493. The van der Waals surface area contributed by atoms with Gasteiger partial charge < -0.3 is 13.9 Å². The number of aldehydes is 1. The molecule has 0 amide bonds. The number of hydrogen-bond acceptors (Lipinski definition) is 4. The first-order chi connectivity index (χ1) is 9.06. The first-order valence-electron chi connectivity index (χ1n) is 7.15. The Bertz CT molecular complexity index is 371. The molecule has 3 atom stereocenters. The minimum atomic E-state index is -1.89. The van der Waals surface area contributed by atoms with Crippen molar-refractivity contribution in [3.63, 3.8) is 0 Å². The molecule has 116 valence electrons. The molecule has 1 fully saturated rings. The third kappa shape index (κ3) is 4.51. The molecule has 1 heterocycles. The van der Waals surface area contributed by atoms with Crippen LogP contribution in [-0.2, 0) is 18.7 Å². The zero-order valence-corrected chi connectivity index (χ0v) is 14.7. The van der Waals surface area contributed by atoms with Crippen LogP contribution in [0.5, 0.6) is 0 Å². The maximum atomic E-state index is 10.8. The molecule has 20 heavy (non-hydrogen) atoms. The Kier molecular flexibility index (Phi) is 5.72. The third-order valence-electron chi connectivity index (χ3n) is 4.08. The van der Waals surface area contributed by atoms with Gasteiger partial charge in [-0.1, -0.05) is 20.8 Å². The molecule has 0 aromatic carbocycles. The van der Waals surface area contributed by atoms with Crippen LogP contribution in [0.4, 0.5) is 0 Å². The van der Waals surface area contributed by atoms with Crippen molar-refractivity contribution < 1.29 is 18.7 Å². The highest BCUT2D eigenvalue weighted by molar-refractivity contribution is 6.74. The smallest absolute Gasteiger partial charge is 0.192 e. The van der Waals surface area contributed by atoms with Crippen LogP contribution < -0.4 is 0 Å². The van der Waals surface area contributed by atoms with Gasteiger partial charge in [-0.05, 0) is 43.6 Å². The molecule has 1 saturated heterocycles. The van der Waals surface area contributed by atoms with Gasteiger partial charge in [0.1, 0.15) is 12.4 Å². The molecule has 0 radical (unpaired) electrons. The fourth-order valence-corrected chi connectivity index (χ4v) is 3.09. The molecule has 0 spiro atoms. The van der Waals surface area contributed by atoms with Gasteiger partial charge in [-0.25, -0.2) is 0 Å². The second-order valence-electron chi connectivity index (χ2n) is 6.95. The van der Waals surface area contributed by atoms with E-state index in [9.17, 15) is 4.79 Å². The Morgan fingerprint density at radius 1 is 1.35 bits per heavy atom. The molecule has 1 aliphatic rings. The maximum Gasteiger partial charge on any atom is 0.192 e. The van der Waals surface area contributed by atoms with E-state index in [2.05, 4.69) is 33.9 Å². The van der Waals surface area contributed by atoms with Crippen LogP contribution in [-0.4, -0.2) is 39.7 Å². The van der Waals surface area contributed by atoms with Crippen LogP contribution in [0.2, 0.25) is 18.1 Å². The van der Waals surface area contributed by atoms with E-state index in [0.717, 1.165) is 6.29 Å². The molecule has 0 N–H and O–H groups in total. The molecule has 0 unspecified atom stereocenters. The molecule has 0 aromatic rings. The summed E-state index contributed by atoms with van der Waals surface area (Å²) in [5, 5.41) is 0.129. The van der Waals surface area contributed by atoms with Crippen molar-refractivity contribution in [2.24, 2.45) is 0 Å². The number of carbonyl (C=O) groups is 1. The van der Waals surface area contributed by atoms with Gasteiger partial charge in [-0.2, -0.15) is 0 Å². The minimum Gasteiger partial charge on any atom is -0.409 e. The standard InChI is InChI=1S/C15H28O4Si/c1-11(9-16)8-13-14(10-17-12(2)18-13)19-20(6,7)15(3,4)5/h8-9,12-14H,10H2,1-7H3/b11-8+/t12-,13+,14-/m1/s1. The Morgan fingerprint density at radius 2 is 1.95 bits per heavy atom. The zero-order valence-electron chi connectivity index (χ0n) is 13.7. The first kappa shape index (κ1) is 17.6. The summed E-state index contributed by atoms with van der Waals surface area (Å²) in [6, 6.07) is 0. The van der Waals surface area contributed by atoms with E-state index in [0.29, 0.717) is 12.2 Å². The van der Waals surface area contributed by atoms with Crippen molar-refractivity contribution >= 4 is 14.6 Å². The molecule has 0 aromatic heterocycles. The minimum absolute atomic E-state index is 0.129. The number of rotatable bonds is 4. The summed E-state index contributed by atoms with van der Waals surface area (Å²) < 4.78 is 17.7. The van der Waals surface area contributed by atoms with Crippen LogP contribution in [0.1, 0.15) is 34.6 Å². The molecule has 1 aliphatic heterocycles. The number of ether oxygens (including phenoxy) is 2. The van der Waals surface area contributed by atoms with E-state index >= 15 is 0 Å². The van der Waals surface area contributed by atoms with Crippen LogP contribution in [0.15, 0.2) is 11.6 Å². The molecule has 0 aliphatic carbocycles. The van der Waals surface area contributed by atoms with E-state index in [4.69, 9.17) is 13.9 Å². The fraction of sp³-hybridized carbons (Fsp3) is 0.800. The topological polar surface area (TPSA) is 44.8 Å². The average molecular weight is 300 g/mol. The fourth-order valence-electron chi connectivity index (χ4n) is 1.77. The summed E-state index contributed by atoms with van der Waals surface area (Å²) in [6.07, 6.45) is 2.03. The van der Waals surface area contributed by atoms with E-state index in [1.807, 2.05) is 13.0 Å². The quantitative estimate of drug-likeness (QED) is 0.454. The first-order valence-corrected chi connectivity index (χ1v) is 10.1. The van der Waals surface area contributed by atoms with Crippen LogP contribution in [0.3, 0.4) is 0 Å². The van der Waals surface area contributed by atoms with Crippen LogP contribution in [0, 0.1) is 0 Å². The van der Waals surface area contributed by atoms with Gasteiger partial charge in [0.15, 0.2) is 14.6 Å². The van der Waals surface area contributed by atoms with Crippen molar-refractivity contribution in [2.75, 3.05) is 6.61 Å². The lowest BCUT2D eigenvalue weighted by atomic mass is 10.1. The van der Waals surface area contributed by atoms with Gasteiger partial charge in [0, 0.05) is 0 Å².